The average Bonchev–Trinajstić information content (AvgIpc) is 2.55. The molecule has 23 heavy (non-hydrogen) atoms. The van der Waals surface area contributed by atoms with Gasteiger partial charge in [0.15, 0.2) is 11.9 Å². The standard InChI is InChI=1S/C16H17N3O4/c1-10-12(15(20)18-9-13(23-2)16(21)22)8-17-14(19-10)11-6-4-3-5-7-11/h3-8,13H,9H2,1-2H3,(H,18,20)(H,21,22). The van der Waals surface area contributed by atoms with E-state index >= 15 is 0 Å². The Kier molecular flexibility index (Phi) is 5.37. The van der Waals surface area contributed by atoms with Crippen molar-refractivity contribution in [2.24, 2.45) is 0 Å². The lowest BCUT2D eigenvalue weighted by atomic mass is 10.2. The highest BCUT2D eigenvalue weighted by Crippen LogP contribution is 2.15. The van der Waals surface area contributed by atoms with Gasteiger partial charge in [0.05, 0.1) is 17.8 Å². The molecule has 0 saturated carbocycles. The second-order valence-electron chi connectivity index (χ2n) is 4.83. The number of aliphatic carboxylic acids is 1. The number of methoxy groups -OCH3 is 1. The minimum atomic E-state index is -1.14. The third-order valence-electron chi connectivity index (χ3n) is 3.26. The zero-order valence-corrected chi connectivity index (χ0v) is 12.8. The van der Waals surface area contributed by atoms with Crippen LogP contribution in [0.5, 0.6) is 0 Å². The van der Waals surface area contributed by atoms with E-state index in [9.17, 15) is 9.59 Å². The van der Waals surface area contributed by atoms with Gasteiger partial charge in [-0.15, -0.1) is 0 Å². The fraction of sp³-hybridized carbons (Fsp3) is 0.250. The summed E-state index contributed by atoms with van der Waals surface area (Å²) in [5.41, 5.74) is 1.67. The van der Waals surface area contributed by atoms with Gasteiger partial charge in [-0.25, -0.2) is 14.8 Å². The Labute approximate surface area is 133 Å². The number of nitrogens with zero attached hydrogens (tertiary/aromatic N) is 2. The molecule has 1 unspecified atom stereocenters. The van der Waals surface area contributed by atoms with E-state index in [2.05, 4.69) is 15.3 Å². The van der Waals surface area contributed by atoms with Crippen LogP contribution >= 0.6 is 0 Å². The smallest absolute Gasteiger partial charge is 0.334 e. The molecule has 1 atom stereocenters. The minimum absolute atomic E-state index is 0.134. The van der Waals surface area contributed by atoms with Crippen molar-refractivity contribution in [3.63, 3.8) is 0 Å². The molecule has 0 fully saturated rings. The quantitative estimate of drug-likeness (QED) is 0.832. The molecule has 120 valence electrons. The van der Waals surface area contributed by atoms with E-state index < -0.39 is 18.0 Å². The first-order chi connectivity index (χ1) is 11.0. The monoisotopic (exact) mass is 315 g/mol. The molecule has 0 saturated heterocycles. The van der Waals surface area contributed by atoms with Crippen molar-refractivity contribution >= 4 is 11.9 Å². The largest absolute Gasteiger partial charge is 0.479 e. The Morgan fingerprint density at radius 1 is 1.30 bits per heavy atom. The molecule has 0 spiro atoms. The number of aromatic nitrogens is 2. The van der Waals surface area contributed by atoms with Crippen molar-refractivity contribution in [2.45, 2.75) is 13.0 Å². The normalized spacial score (nSPS) is 11.7. The van der Waals surface area contributed by atoms with Gasteiger partial charge in [-0.1, -0.05) is 30.3 Å². The summed E-state index contributed by atoms with van der Waals surface area (Å²) in [5.74, 6) is -1.05. The number of nitrogens with one attached hydrogen (secondary N) is 1. The van der Waals surface area contributed by atoms with Gasteiger partial charge in [0.2, 0.25) is 0 Å². The van der Waals surface area contributed by atoms with Gasteiger partial charge < -0.3 is 15.2 Å². The van der Waals surface area contributed by atoms with Crippen LogP contribution < -0.4 is 5.32 Å². The van der Waals surface area contributed by atoms with Crippen LogP contribution in [0, 0.1) is 6.92 Å². The first-order valence-electron chi connectivity index (χ1n) is 6.95. The Morgan fingerprint density at radius 2 is 2.00 bits per heavy atom. The molecule has 1 amide bonds. The summed E-state index contributed by atoms with van der Waals surface area (Å²) in [7, 11) is 1.27. The van der Waals surface area contributed by atoms with Crippen LogP contribution in [0.1, 0.15) is 16.1 Å². The van der Waals surface area contributed by atoms with E-state index in [0.29, 0.717) is 17.1 Å². The summed E-state index contributed by atoms with van der Waals surface area (Å²) in [5, 5.41) is 11.4. The molecule has 7 nitrogen and oxygen atoms in total. The van der Waals surface area contributed by atoms with Gasteiger partial charge in [0, 0.05) is 18.9 Å². The predicted molar refractivity (Wildman–Crippen MR) is 83.0 cm³/mol. The maximum atomic E-state index is 12.1. The fourth-order valence-corrected chi connectivity index (χ4v) is 1.97. The number of carbonyl (C=O) groups excluding carboxylic acids is 1. The molecule has 0 bridgehead atoms. The maximum Gasteiger partial charge on any atom is 0.334 e. The zero-order valence-electron chi connectivity index (χ0n) is 12.8. The Balaban J connectivity index is 2.11. The number of carboxylic acid groups (broad SMARTS) is 1. The van der Waals surface area contributed by atoms with E-state index in [0.717, 1.165) is 5.56 Å². The number of hydrogen-bond acceptors (Lipinski definition) is 5. The zero-order chi connectivity index (χ0) is 16.8. The number of rotatable bonds is 6. The highest BCUT2D eigenvalue weighted by molar-refractivity contribution is 5.95. The summed E-state index contributed by atoms with van der Waals surface area (Å²) in [6.07, 6.45) is 0.339. The molecule has 2 rings (SSSR count). The van der Waals surface area contributed by atoms with Crippen molar-refractivity contribution in [3.8, 4) is 11.4 Å². The van der Waals surface area contributed by atoms with Gasteiger partial charge in [0.25, 0.3) is 5.91 Å². The first-order valence-corrected chi connectivity index (χ1v) is 6.95. The van der Waals surface area contributed by atoms with Crippen LogP contribution in [-0.4, -0.2) is 46.7 Å². The van der Waals surface area contributed by atoms with Gasteiger partial charge in [-0.2, -0.15) is 0 Å². The van der Waals surface area contributed by atoms with E-state index in [1.54, 1.807) is 6.92 Å². The number of carboxylic acids is 1. The molecule has 0 radical (unpaired) electrons. The average molecular weight is 315 g/mol. The summed E-state index contributed by atoms with van der Waals surface area (Å²) in [6, 6.07) is 9.42. The lowest BCUT2D eigenvalue weighted by Crippen LogP contribution is -2.38. The number of aryl methyl sites for hydroxylation is 1. The second kappa shape index (κ2) is 7.46. The topological polar surface area (TPSA) is 101 Å². The number of amides is 1. The molecular formula is C16H17N3O4. The molecule has 2 N–H and O–H groups in total. The molecule has 0 aliphatic carbocycles. The molecule has 1 aromatic heterocycles. The molecule has 1 heterocycles. The third kappa shape index (κ3) is 4.10. The van der Waals surface area contributed by atoms with Crippen LogP contribution in [-0.2, 0) is 9.53 Å². The van der Waals surface area contributed by atoms with Crippen molar-refractivity contribution in [3.05, 3.63) is 47.8 Å². The van der Waals surface area contributed by atoms with E-state index in [1.807, 2.05) is 30.3 Å². The summed E-state index contributed by atoms with van der Waals surface area (Å²) in [6.45, 7) is 1.57. The highest BCUT2D eigenvalue weighted by Gasteiger charge is 2.19. The Morgan fingerprint density at radius 3 is 2.57 bits per heavy atom. The maximum absolute atomic E-state index is 12.1. The number of benzene rings is 1. The summed E-state index contributed by atoms with van der Waals surface area (Å²) >= 11 is 0. The molecule has 0 aliphatic heterocycles. The fourth-order valence-electron chi connectivity index (χ4n) is 1.97. The van der Waals surface area contributed by atoms with E-state index in [1.165, 1.54) is 13.3 Å². The SMILES string of the molecule is COC(CNC(=O)c1cnc(-c2ccccc2)nc1C)C(=O)O. The van der Waals surface area contributed by atoms with Crippen molar-refractivity contribution in [1.82, 2.24) is 15.3 Å². The highest BCUT2D eigenvalue weighted by atomic mass is 16.5. The van der Waals surface area contributed by atoms with Crippen LogP contribution in [0.25, 0.3) is 11.4 Å². The third-order valence-corrected chi connectivity index (χ3v) is 3.26. The number of hydrogen-bond donors (Lipinski definition) is 2. The Hall–Kier alpha value is -2.80. The van der Waals surface area contributed by atoms with Crippen molar-refractivity contribution in [1.29, 1.82) is 0 Å². The van der Waals surface area contributed by atoms with Crippen LogP contribution in [0.3, 0.4) is 0 Å². The van der Waals surface area contributed by atoms with Gasteiger partial charge in [0.1, 0.15) is 0 Å². The van der Waals surface area contributed by atoms with Crippen LogP contribution in [0.2, 0.25) is 0 Å². The van der Waals surface area contributed by atoms with Gasteiger partial charge in [-0.05, 0) is 6.92 Å². The molecule has 0 aliphatic rings. The predicted octanol–water partition coefficient (Wildman–Crippen LogP) is 1.28. The molecule has 2 aromatic rings. The van der Waals surface area contributed by atoms with E-state index in [4.69, 9.17) is 9.84 Å². The second-order valence-corrected chi connectivity index (χ2v) is 4.83. The molecule has 1 aromatic carbocycles. The van der Waals surface area contributed by atoms with E-state index in [-0.39, 0.29) is 6.54 Å². The molecular weight excluding hydrogens is 298 g/mol. The number of carbonyl (C=O) groups is 2. The van der Waals surface area contributed by atoms with Gasteiger partial charge >= 0.3 is 5.97 Å². The summed E-state index contributed by atoms with van der Waals surface area (Å²) in [4.78, 5) is 31.5. The lowest BCUT2D eigenvalue weighted by Gasteiger charge is -2.12. The lowest BCUT2D eigenvalue weighted by molar-refractivity contribution is -0.148. The molecule has 7 heteroatoms. The number of ether oxygens (including phenoxy) is 1. The minimum Gasteiger partial charge on any atom is -0.479 e. The summed E-state index contributed by atoms with van der Waals surface area (Å²) < 4.78 is 4.76. The first kappa shape index (κ1) is 16.6. The van der Waals surface area contributed by atoms with Crippen molar-refractivity contribution in [2.75, 3.05) is 13.7 Å². The van der Waals surface area contributed by atoms with Crippen molar-refractivity contribution < 1.29 is 19.4 Å². The van der Waals surface area contributed by atoms with Crippen LogP contribution in [0.4, 0.5) is 0 Å². The van der Waals surface area contributed by atoms with Gasteiger partial charge in [-0.3, -0.25) is 4.79 Å². The van der Waals surface area contributed by atoms with Crippen LogP contribution in [0.15, 0.2) is 36.5 Å². The Bertz CT molecular complexity index is 704.